The van der Waals surface area contributed by atoms with Crippen LogP contribution in [0.3, 0.4) is 0 Å². The molecule has 0 atom stereocenters. The number of rotatable bonds is 10. The van der Waals surface area contributed by atoms with Gasteiger partial charge in [-0.05, 0) is 57.1 Å². The number of hydrogen-bond acceptors (Lipinski definition) is 6. The van der Waals surface area contributed by atoms with Gasteiger partial charge in [-0.15, -0.1) is 0 Å². The highest BCUT2D eigenvalue weighted by Crippen LogP contribution is 2.40. The molecule has 0 aromatic carbocycles. The van der Waals surface area contributed by atoms with E-state index in [0.29, 0.717) is 0 Å². The second kappa shape index (κ2) is 12.9. The third-order valence-electron chi connectivity index (χ3n) is 5.78. The Kier molecular flexibility index (Phi) is 10.3. The van der Waals surface area contributed by atoms with Crippen LogP contribution in [0.2, 0.25) is 0 Å². The number of carbonyl (C=O) groups is 1. The summed E-state index contributed by atoms with van der Waals surface area (Å²) in [7, 11) is 0. The summed E-state index contributed by atoms with van der Waals surface area (Å²) >= 11 is 0. The lowest BCUT2D eigenvalue weighted by atomic mass is 9.72. The summed E-state index contributed by atoms with van der Waals surface area (Å²) in [6.45, 7) is 10.2. The van der Waals surface area contributed by atoms with Crippen LogP contribution < -0.4 is 10.2 Å². The van der Waals surface area contributed by atoms with Crippen LogP contribution in [0.15, 0.2) is 80.3 Å². The highest BCUT2D eigenvalue weighted by Gasteiger charge is 2.26. The fourth-order valence-electron chi connectivity index (χ4n) is 3.77. The molecule has 0 saturated heterocycles. The molecule has 1 aromatic heterocycles. The second-order valence-electron chi connectivity index (χ2n) is 9.19. The summed E-state index contributed by atoms with van der Waals surface area (Å²) in [5.41, 5.74) is 4.79. The van der Waals surface area contributed by atoms with E-state index in [-0.39, 0.29) is 30.1 Å². The lowest BCUT2D eigenvalue weighted by Crippen LogP contribution is -2.19. The van der Waals surface area contributed by atoms with Crippen molar-refractivity contribution in [3.05, 3.63) is 87.1 Å². The van der Waals surface area contributed by atoms with Crippen LogP contribution in [0.5, 0.6) is 5.75 Å². The van der Waals surface area contributed by atoms with Crippen LogP contribution in [0.1, 0.15) is 59.6 Å². The first-order chi connectivity index (χ1) is 16.1. The van der Waals surface area contributed by atoms with Crippen LogP contribution in [0.4, 0.5) is 0 Å². The maximum Gasteiger partial charge on any atom is 0.344 e. The number of esters is 1. The minimum absolute atomic E-state index is 0.0987. The van der Waals surface area contributed by atoms with Crippen LogP contribution in [-0.2, 0) is 16.1 Å². The molecular weight excluding hydrogens is 432 g/mol. The van der Waals surface area contributed by atoms with Crippen molar-refractivity contribution in [3.63, 3.8) is 0 Å². The van der Waals surface area contributed by atoms with Gasteiger partial charge in [-0.2, -0.15) is 0 Å². The van der Waals surface area contributed by atoms with Crippen molar-refractivity contribution in [3.8, 4) is 5.75 Å². The zero-order valence-corrected chi connectivity index (χ0v) is 20.8. The van der Waals surface area contributed by atoms with Crippen LogP contribution in [0.25, 0.3) is 0 Å². The third-order valence-corrected chi connectivity index (χ3v) is 5.78. The Hall–Kier alpha value is -3.12. The maximum atomic E-state index is 11.8. The Morgan fingerprint density at radius 1 is 1.24 bits per heavy atom. The maximum absolute atomic E-state index is 11.8. The fraction of sp³-hybridized carbons (Fsp3) is 0.429. The lowest BCUT2D eigenvalue weighted by Gasteiger charge is -2.32. The normalized spacial score (nSPS) is 17.0. The van der Waals surface area contributed by atoms with E-state index in [0.717, 1.165) is 23.5 Å². The monoisotopic (exact) mass is 468 g/mol. The Balaban J connectivity index is 1.80. The van der Waals surface area contributed by atoms with Crippen molar-refractivity contribution < 1.29 is 23.8 Å². The number of carbonyl (C=O) groups excluding carboxylic acids is 1. The van der Waals surface area contributed by atoms with Gasteiger partial charge in [0.05, 0.1) is 0 Å². The average Bonchev–Trinajstić information content (AvgIpc) is 2.77. The zero-order valence-electron chi connectivity index (χ0n) is 20.8. The molecule has 1 aliphatic rings. The van der Waals surface area contributed by atoms with Gasteiger partial charge in [0, 0.05) is 6.07 Å². The molecule has 0 fully saturated rings. The van der Waals surface area contributed by atoms with Gasteiger partial charge in [0.2, 0.25) is 11.2 Å². The number of aliphatic hydroxyl groups excluding tert-OH is 1. The van der Waals surface area contributed by atoms with Crippen LogP contribution >= 0.6 is 0 Å². The van der Waals surface area contributed by atoms with Crippen LogP contribution in [-0.4, -0.2) is 24.3 Å². The molecule has 0 amide bonds. The Labute approximate surface area is 202 Å². The minimum Gasteiger partial charge on any atom is -0.475 e. The predicted molar refractivity (Wildman–Crippen MR) is 133 cm³/mol. The first kappa shape index (κ1) is 27.1. The van der Waals surface area contributed by atoms with Gasteiger partial charge in [-0.3, -0.25) is 4.79 Å². The topological polar surface area (TPSA) is 86.0 Å². The van der Waals surface area contributed by atoms with E-state index in [9.17, 15) is 9.59 Å². The second-order valence-corrected chi connectivity index (χ2v) is 9.19. The number of allylic oxidation sites excluding steroid dienone is 9. The molecule has 6 nitrogen and oxygen atoms in total. The fourth-order valence-corrected chi connectivity index (χ4v) is 3.77. The molecule has 1 aliphatic carbocycles. The van der Waals surface area contributed by atoms with E-state index in [1.54, 1.807) is 6.08 Å². The molecule has 2 rings (SSSR count). The van der Waals surface area contributed by atoms with Crippen molar-refractivity contribution >= 4 is 5.97 Å². The van der Waals surface area contributed by atoms with Crippen molar-refractivity contribution in [2.75, 3.05) is 13.2 Å². The van der Waals surface area contributed by atoms with E-state index in [2.05, 4.69) is 39.8 Å². The highest BCUT2D eigenvalue weighted by molar-refractivity contribution is 5.71. The molecular formula is C28H36O6. The van der Waals surface area contributed by atoms with E-state index >= 15 is 0 Å². The van der Waals surface area contributed by atoms with Gasteiger partial charge in [-0.1, -0.05) is 60.9 Å². The average molecular weight is 469 g/mol. The first-order valence-electron chi connectivity index (χ1n) is 11.5. The molecule has 0 spiro atoms. The molecule has 0 bridgehead atoms. The number of hydrogen-bond donors (Lipinski definition) is 1. The van der Waals surface area contributed by atoms with Gasteiger partial charge in [0.25, 0.3) is 0 Å². The Bertz CT molecular complexity index is 1060. The summed E-state index contributed by atoms with van der Waals surface area (Å²) in [6, 6.07) is 1.11. The lowest BCUT2D eigenvalue weighted by molar-refractivity contribution is -0.144. The minimum atomic E-state index is -0.602. The van der Waals surface area contributed by atoms with Gasteiger partial charge < -0.3 is 19.0 Å². The van der Waals surface area contributed by atoms with E-state index in [1.165, 1.54) is 30.4 Å². The van der Waals surface area contributed by atoms with Crippen LogP contribution in [0, 0.1) is 5.41 Å². The van der Waals surface area contributed by atoms with Crippen molar-refractivity contribution in [1.82, 2.24) is 0 Å². The van der Waals surface area contributed by atoms with E-state index in [1.807, 2.05) is 25.2 Å². The van der Waals surface area contributed by atoms with Gasteiger partial charge >= 0.3 is 5.97 Å². The van der Waals surface area contributed by atoms with E-state index in [4.69, 9.17) is 19.0 Å². The SMILES string of the molecule is CC1=C(/C=C/C(C)=C\C=C\C(C)=C/COC(=O)COc2coc(CO)cc2=O)C(C)(C)CCC1. The zero-order chi connectivity index (χ0) is 25.1. The van der Waals surface area contributed by atoms with Gasteiger partial charge in [-0.25, -0.2) is 4.79 Å². The molecule has 1 N–H and O–H groups in total. The molecule has 6 heteroatoms. The molecule has 0 unspecified atom stereocenters. The molecule has 0 radical (unpaired) electrons. The molecule has 0 saturated carbocycles. The standard InChI is InChI=1S/C28H36O6/c1-20(11-12-24-22(3)10-7-14-28(24,4)5)8-6-9-21(2)13-15-32-27(31)19-34-26-18-33-23(17-29)16-25(26)30/h6,8-9,11-13,16,18,29H,7,10,14-15,17,19H2,1-5H3/b9-6+,12-11+,20-8-,21-13-. The largest absolute Gasteiger partial charge is 0.475 e. The third kappa shape index (κ3) is 8.67. The highest BCUT2D eigenvalue weighted by atomic mass is 16.6. The van der Waals surface area contributed by atoms with Crippen molar-refractivity contribution in [2.45, 2.75) is 60.5 Å². The van der Waals surface area contributed by atoms with Crippen molar-refractivity contribution in [2.24, 2.45) is 5.41 Å². The van der Waals surface area contributed by atoms with Crippen molar-refractivity contribution in [1.29, 1.82) is 0 Å². The smallest absolute Gasteiger partial charge is 0.344 e. The molecule has 34 heavy (non-hydrogen) atoms. The first-order valence-corrected chi connectivity index (χ1v) is 11.5. The summed E-state index contributed by atoms with van der Waals surface area (Å²) in [4.78, 5) is 23.6. The molecule has 0 aliphatic heterocycles. The summed E-state index contributed by atoms with van der Waals surface area (Å²) < 4.78 is 15.2. The molecule has 184 valence electrons. The van der Waals surface area contributed by atoms with Gasteiger partial charge in [0.1, 0.15) is 25.2 Å². The molecule has 1 heterocycles. The summed E-state index contributed by atoms with van der Waals surface area (Å²) in [5.74, 6) is -0.594. The quantitative estimate of drug-likeness (QED) is 0.356. The number of ether oxygens (including phenoxy) is 2. The number of aliphatic hydroxyl groups is 1. The van der Waals surface area contributed by atoms with E-state index < -0.39 is 18.0 Å². The Morgan fingerprint density at radius 3 is 2.68 bits per heavy atom. The summed E-state index contributed by atoms with van der Waals surface area (Å²) in [6.07, 6.45) is 16.9. The van der Waals surface area contributed by atoms with Gasteiger partial charge in [0.15, 0.2) is 6.61 Å². The Morgan fingerprint density at radius 2 is 2.00 bits per heavy atom. The predicted octanol–water partition coefficient (Wildman–Crippen LogP) is 5.59. The molecule has 1 aromatic rings. The summed E-state index contributed by atoms with van der Waals surface area (Å²) in [5, 5.41) is 8.93.